The number of Topliss-reactive ketones (excluding diaryl/α,β-unsaturated/α-hetero) is 1. The first kappa shape index (κ1) is 17.0. The van der Waals surface area contributed by atoms with Crippen LogP contribution in [0.25, 0.3) is 0 Å². The highest BCUT2D eigenvalue weighted by atomic mass is 19.1. The number of hydrogen-bond donors (Lipinski definition) is 1. The van der Waals surface area contributed by atoms with Crippen LogP contribution in [0.5, 0.6) is 0 Å². The van der Waals surface area contributed by atoms with E-state index in [4.69, 9.17) is 0 Å². The van der Waals surface area contributed by atoms with Gasteiger partial charge in [-0.1, -0.05) is 12.1 Å². The molecule has 0 aliphatic heterocycles. The summed E-state index contributed by atoms with van der Waals surface area (Å²) in [4.78, 5) is 24.9. The van der Waals surface area contributed by atoms with Gasteiger partial charge in [-0.15, -0.1) is 0 Å². The first-order valence-electron chi connectivity index (χ1n) is 9.30. The number of nitrogens with zero attached hydrogens (tertiary/aromatic N) is 1. The van der Waals surface area contributed by atoms with E-state index in [1.165, 1.54) is 12.1 Å². The Balaban J connectivity index is 1.69. The molecule has 1 amide bonds. The molecule has 1 aromatic carbocycles. The number of nitrogens with one attached hydrogen (secondary N) is 1. The molecule has 1 fully saturated rings. The van der Waals surface area contributed by atoms with Crippen molar-refractivity contribution in [3.8, 4) is 0 Å². The molecule has 136 valence electrons. The van der Waals surface area contributed by atoms with Gasteiger partial charge >= 0.3 is 0 Å². The third-order valence-electron chi connectivity index (χ3n) is 5.39. The minimum Gasteiger partial charge on any atom is -0.353 e. The number of rotatable bonds is 5. The largest absolute Gasteiger partial charge is 0.353 e. The van der Waals surface area contributed by atoms with Crippen LogP contribution in [0, 0.1) is 12.7 Å². The van der Waals surface area contributed by atoms with Crippen molar-refractivity contribution in [1.29, 1.82) is 0 Å². The summed E-state index contributed by atoms with van der Waals surface area (Å²) in [6.45, 7) is 2.57. The van der Waals surface area contributed by atoms with Gasteiger partial charge in [0.2, 0.25) is 5.91 Å². The Labute approximate surface area is 152 Å². The van der Waals surface area contributed by atoms with E-state index in [-0.39, 0.29) is 23.9 Å². The molecule has 1 aromatic heterocycles. The Bertz CT molecular complexity index is 863. The highest BCUT2D eigenvalue weighted by Gasteiger charge is 2.30. The van der Waals surface area contributed by atoms with E-state index in [1.54, 1.807) is 12.1 Å². The van der Waals surface area contributed by atoms with E-state index >= 15 is 0 Å². The van der Waals surface area contributed by atoms with Crippen LogP contribution in [0.2, 0.25) is 0 Å². The van der Waals surface area contributed by atoms with Crippen LogP contribution in [0.15, 0.2) is 24.3 Å². The van der Waals surface area contributed by atoms with E-state index in [9.17, 15) is 14.0 Å². The molecular formula is C21H23FN2O2. The maximum absolute atomic E-state index is 13.2. The molecule has 0 spiro atoms. The summed E-state index contributed by atoms with van der Waals surface area (Å²) in [6.07, 6.45) is 4.58. The summed E-state index contributed by atoms with van der Waals surface area (Å²) < 4.78 is 15.3. The van der Waals surface area contributed by atoms with Crippen molar-refractivity contribution < 1.29 is 14.0 Å². The van der Waals surface area contributed by atoms with Gasteiger partial charge in [0.05, 0.1) is 6.42 Å². The Morgan fingerprint density at radius 1 is 1.23 bits per heavy atom. The van der Waals surface area contributed by atoms with Gasteiger partial charge in [0.1, 0.15) is 5.82 Å². The zero-order valence-corrected chi connectivity index (χ0v) is 15.0. The Morgan fingerprint density at radius 3 is 2.65 bits per heavy atom. The van der Waals surface area contributed by atoms with Crippen molar-refractivity contribution in [3.63, 3.8) is 0 Å². The first-order chi connectivity index (χ1) is 12.5. The van der Waals surface area contributed by atoms with Gasteiger partial charge in [0.25, 0.3) is 0 Å². The second-order valence-corrected chi connectivity index (χ2v) is 7.39. The number of fused-ring (bicyclic) bond motifs is 1. The third kappa shape index (κ3) is 3.30. The van der Waals surface area contributed by atoms with Gasteiger partial charge in [-0.05, 0) is 55.9 Å². The molecule has 1 saturated carbocycles. The zero-order valence-electron chi connectivity index (χ0n) is 15.0. The standard InChI is InChI=1S/C21H23FN2O2/c1-13-17(11-20(26)23-16-9-10-16)21-18(3-2-4-19(21)25)24(13)12-14-5-7-15(22)8-6-14/h5-8,16H,2-4,9-12H2,1H3,(H,23,26). The first-order valence-corrected chi connectivity index (χ1v) is 9.30. The SMILES string of the molecule is Cc1c(CC(=O)NC2CC2)c2c(n1Cc1ccc(F)cc1)CCCC2=O. The molecule has 0 bridgehead atoms. The van der Waals surface area contributed by atoms with Crippen LogP contribution < -0.4 is 5.32 Å². The number of halogens is 1. The average Bonchev–Trinajstić information content (AvgIpc) is 3.38. The normalized spacial score (nSPS) is 16.5. The number of carbonyl (C=O) groups is 2. The van der Waals surface area contributed by atoms with Crippen LogP contribution in [0.1, 0.15) is 58.6 Å². The van der Waals surface area contributed by atoms with Gasteiger partial charge in [-0.2, -0.15) is 0 Å². The maximum Gasteiger partial charge on any atom is 0.224 e. The second-order valence-electron chi connectivity index (χ2n) is 7.39. The molecule has 2 aliphatic carbocycles. The van der Waals surface area contributed by atoms with Gasteiger partial charge in [0.15, 0.2) is 5.78 Å². The van der Waals surface area contributed by atoms with Gasteiger partial charge < -0.3 is 9.88 Å². The minimum absolute atomic E-state index is 0.00398. The lowest BCUT2D eigenvalue weighted by molar-refractivity contribution is -0.120. The number of benzene rings is 1. The minimum atomic E-state index is -0.257. The van der Waals surface area contributed by atoms with Crippen molar-refractivity contribution in [1.82, 2.24) is 9.88 Å². The lowest BCUT2D eigenvalue weighted by Gasteiger charge is -2.16. The van der Waals surface area contributed by atoms with Crippen molar-refractivity contribution in [2.75, 3.05) is 0 Å². The lowest BCUT2D eigenvalue weighted by Crippen LogP contribution is -2.27. The van der Waals surface area contributed by atoms with E-state index in [1.807, 2.05) is 6.92 Å². The van der Waals surface area contributed by atoms with Crippen molar-refractivity contribution >= 4 is 11.7 Å². The van der Waals surface area contributed by atoms with E-state index in [0.29, 0.717) is 19.0 Å². The summed E-state index contributed by atoms with van der Waals surface area (Å²) in [5, 5.41) is 3.02. The fourth-order valence-corrected chi connectivity index (χ4v) is 3.86. The fraction of sp³-hybridized carbons (Fsp3) is 0.429. The number of amides is 1. The lowest BCUT2D eigenvalue weighted by atomic mass is 9.92. The molecule has 2 aromatic rings. The number of aromatic nitrogens is 1. The fourth-order valence-electron chi connectivity index (χ4n) is 3.86. The van der Waals surface area contributed by atoms with Crippen LogP contribution in [-0.2, 0) is 24.2 Å². The monoisotopic (exact) mass is 354 g/mol. The molecule has 26 heavy (non-hydrogen) atoms. The van der Waals surface area contributed by atoms with Gasteiger partial charge in [-0.25, -0.2) is 4.39 Å². The van der Waals surface area contributed by atoms with Gasteiger partial charge in [0, 0.05) is 36.0 Å². The molecule has 0 unspecified atom stereocenters. The van der Waals surface area contributed by atoms with E-state index < -0.39 is 0 Å². The average molecular weight is 354 g/mol. The predicted octanol–water partition coefficient (Wildman–Crippen LogP) is 3.32. The molecule has 0 atom stereocenters. The second kappa shape index (κ2) is 6.71. The number of ketones is 1. The Hall–Kier alpha value is -2.43. The summed E-state index contributed by atoms with van der Waals surface area (Å²) in [5.74, 6) is -0.121. The van der Waals surface area contributed by atoms with Crippen molar-refractivity contribution in [2.24, 2.45) is 0 Å². The summed E-state index contributed by atoms with van der Waals surface area (Å²) in [7, 11) is 0. The molecule has 4 nitrogen and oxygen atoms in total. The summed E-state index contributed by atoms with van der Waals surface area (Å²) >= 11 is 0. The smallest absolute Gasteiger partial charge is 0.224 e. The van der Waals surface area contributed by atoms with Gasteiger partial charge in [-0.3, -0.25) is 9.59 Å². The summed E-state index contributed by atoms with van der Waals surface area (Å²) in [5.41, 5.74) is 4.60. The molecule has 0 saturated heterocycles. The predicted molar refractivity (Wildman–Crippen MR) is 96.8 cm³/mol. The van der Waals surface area contributed by atoms with Crippen LogP contribution >= 0.6 is 0 Å². The Morgan fingerprint density at radius 2 is 1.96 bits per heavy atom. The Kier molecular flexibility index (Phi) is 4.39. The topological polar surface area (TPSA) is 51.1 Å². The van der Waals surface area contributed by atoms with E-state index in [2.05, 4.69) is 9.88 Å². The zero-order chi connectivity index (χ0) is 18.3. The maximum atomic E-state index is 13.2. The molecule has 2 aliphatic rings. The number of carbonyl (C=O) groups excluding carboxylic acids is 2. The third-order valence-corrected chi connectivity index (χ3v) is 5.39. The molecule has 1 heterocycles. The van der Waals surface area contributed by atoms with Crippen molar-refractivity contribution in [2.45, 2.75) is 58.0 Å². The quantitative estimate of drug-likeness (QED) is 0.895. The molecule has 4 rings (SSSR count). The molecular weight excluding hydrogens is 331 g/mol. The molecule has 1 N–H and O–H groups in total. The highest BCUT2D eigenvalue weighted by molar-refractivity contribution is 6.01. The van der Waals surface area contributed by atoms with Crippen LogP contribution in [0.3, 0.4) is 0 Å². The van der Waals surface area contributed by atoms with Crippen LogP contribution in [0.4, 0.5) is 4.39 Å². The highest BCUT2D eigenvalue weighted by Crippen LogP contribution is 2.31. The molecule has 0 radical (unpaired) electrons. The van der Waals surface area contributed by atoms with E-state index in [0.717, 1.165) is 53.8 Å². The van der Waals surface area contributed by atoms with Crippen molar-refractivity contribution in [3.05, 3.63) is 58.2 Å². The number of hydrogen-bond acceptors (Lipinski definition) is 2. The van der Waals surface area contributed by atoms with Crippen LogP contribution in [-0.4, -0.2) is 22.3 Å². The molecule has 5 heteroatoms. The summed E-state index contributed by atoms with van der Waals surface area (Å²) in [6, 6.07) is 6.76.